The van der Waals surface area contributed by atoms with Crippen molar-refractivity contribution in [3.8, 4) is 0 Å². The zero-order valence-corrected chi connectivity index (χ0v) is 18.1. The molecule has 2 fully saturated rings. The largest absolute Gasteiger partial charge is 0.474 e. The maximum absolute atomic E-state index is 14.9. The number of thiocarbonyl (C=S) groups is 1. The molecule has 12 heteroatoms. The van der Waals surface area contributed by atoms with Crippen molar-refractivity contribution in [3.63, 3.8) is 0 Å². The van der Waals surface area contributed by atoms with Crippen molar-refractivity contribution >= 4 is 40.8 Å². The number of anilines is 2. The molecule has 9 nitrogen and oxygen atoms in total. The quantitative estimate of drug-likeness (QED) is 0.642. The lowest BCUT2D eigenvalue weighted by Gasteiger charge is -2.25. The van der Waals surface area contributed by atoms with Gasteiger partial charge in [-0.1, -0.05) is 6.92 Å². The van der Waals surface area contributed by atoms with Crippen LogP contribution in [0, 0.1) is 11.6 Å². The maximum atomic E-state index is 14.9. The maximum Gasteiger partial charge on any atom is 0.414 e. The van der Waals surface area contributed by atoms with Gasteiger partial charge >= 0.3 is 6.09 Å². The summed E-state index contributed by atoms with van der Waals surface area (Å²) in [5, 5.41) is 4.40. The number of benzene rings is 1. The van der Waals surface area contributed by atoms with Gasteiger partial charge in [-0.05, 0) is 12.2 Å². The monoisotopic (exact) mass is 457 g/mol. The van der Waals surface area contributed by atoms with E-state index in [0.29, 0.717) is 26.1 Å². The summed E-state index contributed by atoms with van der Waals surface area (Å²) >= 11 is 4.87. The Balaban J connectivity index is 1.71. The third-order valence-electron chi connectivity index (χ3n) is 5.04. The SMILES string of the molecule is CCC(=O)N1CCN(c2c(F)cc(N3C[C@H](CNC(=S)OC)OC3=O)cc2F)CCN1. The molecule has 31 heavy (non-hydrogen) atoms. The summed E-state index contributed by atoms with van der Waals surface area (Å²) in [6.45, 7) is 3.32. The summed E-state index contributed by atoms with van der Waals surface area (Å²) in [5.41, 5.74) is 2.84. The molecule has 2 saturated heterocycles. The fourth-order valence-corrected chi connectivity index (χ4v) is 3.56. The Hall–Kier alpha value is -2.73. The van der Waals surface area contributed by atoms with Crippen LogP contribution in [0.5, 0.6) is 0 Å². The average Bonchev–Trinajstić information content (AvgIpc) is 2.95. The number of methoxy groups -OCH3 is 1. The summed E-state index contributed by atoms with van der Waals surface area (Å²) in [7, 11) is 1.41. The number of ether oxygens (including phenoxy) is 2. The summed E-state index contributed by atoms with van der Waals surface area (Å²) < 4.78 is 39.9. The fourth-order valence-electron chi connectivity index (χ4n) is 3.48. The fraction of sp³-hybridized carbons (Fsp3) is 0.526. The highest BCUT2D eigenvalue weighted by Gasteiger charge is 2.34. The summed E-state index contributed by atoms with van der Waals surface area (Å²) in [5.74, 6) is -1.67. The molecule has 0 radical (unpaired) electrons. The van der Waals surface area contributed by atoms with Crippen molar-refractivity contribution in [2.24, 2.45) is 0 Å². The Kier molecular flexibility index (Phi) is 7.44. The van der Waals surface area contributed by atoms with E-state index in [4.69, 9.17) is 21.7 Å². The zero-order chi connectivity index (χ0) is 22.5. The number of amides is 2. The summed E-state index contributed by atoms with van der Waals surface area (Å²) in [4.78, 5) is 26.8. The molecule has 0 aliphatic carbocycles. The van der Waals surface area contributed by atoms with Crippen LogP contribution in [0.1, 0.15) is 13.3 Å². The molecule has 0 spiro atoms. The number of nitrogens with one attached hydrogen (secondary N) is 2. The Morgan fingerprint density at radius 2 is 2.03 bits per heavy atom. The Labute approximate surface area is 184 Å². The predicted molar refractivity (Wildman–Crippen MR) is 114 cm³/mol. The van der Waals surface area contributed by atoms with Gasteiger partial charge in [0.25, 0.3) is 5.17 Å². The summed E-state index contributed by atoms with van der Waals surface area (Å²) in [6, 6.07) is 2.23. The first-order valence-corrected chi connectivity index (χ1v) is 10.3. The van der Waals surface area contributed by atoms with Crippen molar-refractivity contribution < 1.29 is 27.8 Å². The molecule has 2 aliphatic rings. The van der Waals surface area contributed by atoms with Crippen LogP contribution in [0.3, 0.4) is 0 Å². The van der Waals surface area contributed by atoms with Gasteiger partial charge in [0.1, 0.15) is 11.8 Å². The van der Waals surface area contributed by atoms with E-state index in [1.165, 1.54) is 17.0 Å². The number of carbonyl (C=O) groups is 2. The molecule has 3 rings (SSSR count). The summed E-state index contributed by atoms with van der Waals surface area (Å²) in [6.07, 6.45) is -0.913. The molecular formula is C19H25F2N5O4S. The van der Waals surface area contributed by atoms with Crippen molar-refractivity contribution in [2.75, 3.05) is 56.2 Å². The zero-order valence-electron chi connectivity index (χ0n) is 17.3. The lowest BCUT2D eigenvalue weighted by molar-refractivity contribution is -0.133. The molecule has 2 N–H and O–H groups in total. The Morgan fingerprint density at radius 3 is 2.68 bits per heavy atom. The smallest absolute Gasteiger partial charge is 0.414 e. The van der Waals surface area contributed by atoms with Crippen LogP contribution >= 0.6 is 12.2 Å². The van der Waals surface area contributed by atoms with E-state index < -0.39 is 23.8 Å². The van der Waals surface area contributed by atoms with Gasteiger partial charge in [-0.3, -0.25) is 14.7 Å². The lowest BCUT2D eigenvalue weighted by atomic mass is 10.2. The number of hydrogen-bond donors (Lipinski definition) is 2. The highest BCUT2D eigenvalue weighted by molar-refractivity contribution is 7.80. The van der Waals surface area contributed by atoms with E-state index in [-0.39, 0.29) is 42.1 Å². The van der Waals surface area contributed by atoms with E-state index in [0.717, 1.165) is 12.1 Å². The number of rotatable bonds is 5. The molecular weight excluding hydrogens is 432 g/mol. The number of halogens is 2. The van der Waals surface area contributed by atoms with E-state index in [2.05, 4.69) is 10.7 Å². The molecule has 0 saturated carbocycles. The van der Waals surface area contributed by atoms with Gasteiger partial charge < -0.3 is 19.7 Å². The van der Waals surface area contributed by atoms with Crippen LogP contribution in [0.25, 0.3) is 0 Å². The van der Waals surface area contributed by atoms with Gasteiger partial charge in [0, 0.05) is 38.2 Å². The molecule has 0 unspecified atom stereocenters. The van der Waals surface area contributed by atoms with Gasteiger partial charge in [0.05, 0.1) is 32.4 Å². The van der Waals surface area contributed by atoms with Crippen LogP contribution in [0.15, 0.2) is 12.1 Å². The van der Waals surface area contributed by atoms with Crippen LogP contribution in [-0.4, -0.2) is 74.7 Å². The van der Waals surface area contributed by atoms with E-state index >= 15 is 0 Å². The molecule has 1 aromatic rings. The van der Waals surface area contributed by atoms with Gasteiger partial charge in [0.2, 0.25) is 5.91 Å². The number of carbonyl (C=O) groups excluding carboxylic acids is 2. The third kappa shape index (κ3) is 5.31. The number of hydrogen-bond acceptors (Lipinski definition) is 7. The van der Waals surface area contributed by atoms with Gasteiger partial charge in [-0.25, -0.2) is 19.0 Å². The van der Waals surface area contributed by atoms with Crippen LogP contribution in [0.4, 0.5) is 25.0 Å². The van der Waals surface area contributed by atoms with Crippen molar-refractivity contribution in [2.45, 2.75) is 19.4 Å². The minimum absolute atomic E-state index is 0.0660. The van der Waals surface area contributed by atoms with Crippen molar-refractivity contribution in [1.82, 2.24) is 15.8 Å². The third-order valence-corrected chi connectivity index (χ3v) is 5.36. The minimum Gasteiger partial charge on any atom is -0.474 e. The van der Waals surface area contributed by atoms with Gasteiger partial charge in [0.15, 0.2) is 11.6 Å². The molecule has 2 amide bonds. The molecule has 2 heterocycles. The molecule has 170 valence electrons. The Bertz CT molecular complexity index is 836. The van der Waals surface area contributed by atoms with Crippen molar-refractivity contribution in [3.05, 3.63) is 23.8 Å². The van der Waals surface area contributed by atoms with E-state index in [1.54, 1.807) is 11.8 Å². The lowest BCUT2D eigenvalue weighted by Crippen LogP contribution is -2.43. The highest BCUT2D eigenvalue weighted by Crippen LogP contribution is 2.31. The minimum atomic E-state index is -0.791. The Morgan fingerprint density at radius 1 is 1.32 bits per heavy atom. The second-order valence-electron chi connectivity index (χ2n) is 7.04. The average molecular weight is 458 g/mol. The van der Waals surface area contributed by atoms with Crippen LogP contribution < -0.4 is 20.5 Å². The predicted octanol–water partition coefficient (Wildman–Crippen LogP) is 1.37. The van der Waals surface area contributed by atoms with Gasteiger partial charge in [-0.15, -0.1) is 0 Å². The first kappa shape index (κ1) is 22.9. The standard InChI is InChI=1S/C19H25F2N5O4S/c1-3-16(27)26-7-6-24(5-4-23-26)17-14(20)8-12(9-15(17)21)25-11-13(30-19(25)28)10-22-18(31)29-2/h8-9,13,23H,3-7,10-11H2,1-2H3,(H,22,31)/t13-/m0/s1. The molecule has 0 aromatic heterocycles. The number of cyclic esters (lactones) is 1. The van der Waals surface area contributed by atoms with Gasteiger partial charge in [-0.2, -0.15) is 0 Å². The van der Waals surface area contributed by atoms with E-state index in [1.807, 2.05) is 0 Å². The normalized spacial score (nSPS) is 19.2. The number of hydrazine groups is 1. The second-order valence-corrected chi connectivity index (χ2v) is 7.41. The van der Waals surface area contributed by atoms with Crippen LogP contribution in [-0.2, 0) is 14.3 Å². The van der Waals surface area contributed by atoms with Crippen LogP contribution in [0.2, 0.25) is 0 Å². The highest BCUT2D eigenvalue weighted by atomic mass is 32.1. The molecule has 1 atom stereocenters. The van der Waals surface area contributed by atoms with E-state index in [9.17, 15) is 18.4 Å². The first-order valence-electron chi connectivity index (χ1n) is 9.91. The second kappa shape index (κ2) is 10.1. The molecule has 0 bridgehead atoms. The molecule has 1 aromatic carbocycles. The number of nitrogens with zero attached hydrogens (tertiary/aromatic N) is 3. The first-order chi connectivity index (χ1) is 14.8. The topological polar surface area (TPSA) is 86.4 Å². The molecule has 2 aliphatic heterocycles. The van der Waals surface area contributed by atoms with Crippen molar-refractivity contribution in [1.29, 1.82) is 0 Å².